The molecular weight excluding hydrogens is 198 g/mol. The molecule has 1 aliphatic carbocycles. The van der Waals surface area contributed by atoms with E-state index in [0.717, 1.165) is 6.42 Å². The van der Waals surface area contributed by atoms with Gasteiger partial charge in [0.1, 0.15) is 0 Å². The molecule has 1 fully saturated rings. The molecule has 1 aliphatic rings. The van der Waals surface area contributed by atoms with Crippen molar-refractivity contribution < 1.29 is 5.11 Å². The molecule has 0 spiro atoms. The van der Waals surface area contributed by atoms with E-state index < -0.39 is 0 Å². The highest BCUT2D eigenvalue weighted by Crippen LogP contribution is 2.50. The smallest absolute Gasteiger partial charge is 0.0543 e. The predicted octanol–water partition coefficient (Wildman–Crippen LogP) is 2.27. The van der Waals surface area contributed by atoms with Crippen LogP contribution in [0.25, 0.3) is 0 Å². The van der Waals surface area contributed by atoms with Crippen LogP contribution in [-0.2, 0) is 6.54 Å². The molecule has 2 nitrogen and oxygen atoms in total. The summed E-state index contributed by atoms with van der Waals surface area (Å²) in [5.74, 6) is 1.68. The lowest BCUT2D eigenvalue weighted by atomic mass is 9.93. The van der Waals surface area contributed by atoms with Crippen molar-refractivity contribution in [2.24, 2.45) is 17.6 Å². The van der Waals surface area contributed by atoms with Gasteiger partial charge in [-0.1, -0.05) is 31.2 Å². The highest BCUT2D eigenvalue weighted by Gasteiger charge is 2.44. The van der Waals surface area contributed by atoms with Gasteiger partial charge in [0.15, 0.2) is 0 Å². The van der Waals surface area contributed by atoms with Crippen molar-refractivity contribution in [1.82, 2.24) is 0 Å². The Labute approximate surface area is 97.5 Å². The number of aliphatic hydroxyl groups excluding tert-OH is 1. The maximum Gasteiger partial charge on any atom is 0.0543 e. The summed E-state index contributed by atoms with van der Waals surface area (Å²) >= 11 is 0. The zero-order valence-corrected chi connectivity index (χ0v) is 10.1. The molecule has 2 rings (SSSR count). The number of hydrogen-bond acceptors (Lipinski definition) is 2. The van der Waals surface area contributed by atoms with E-state index in [0.29, 0.717) is 24.3 Å². The third kappa shape index (κ3) is 2.28. The van der Waals surface area contributed by atoms with Crippen molar-refractivity contribution in [3.8, 4) is 0 Å². The molecule has 1 aromatic carbocycles. The van der Waals surface area contributed by atoms with E-state index in [9.17, 15) is 5.11 Å². The van der Waals surface area contributed by atoms with Crippen LogP contribution in [0.2, 0.25) is 0 Å². The minimum atomic E-state index is -0.162. The Bertz CT molecular complexity index is 362. The lowest BCUT2D eigenvalue weighted by molar-refractivity contribution is 0.162. The molecule has 4 unspecified atom stereocenters. The molecule has 0 heterocycles. The van der Waals surface area contributed by atoms with Gasteiger partial charge in [0.25, 0.3) is 0 Å². The molecule has 0 amide bonds. The number of benzene rings is 1. The van der Waals surface area contributed by atoms with Crippen molar-refractivity contribution >= 4 is 0 Å². The van der Waals surface area contributed by atoms with Crippen LogP contribution >= 0.6 is 0 Å². The van der Waals surface area contributed by atoms with Crippen LogP contribution in [0.4, 0.5) is 0 Å². The van der Waals surface area contributed by atoms with E-state index in [2.05, 4.69) is 31.2 Å². The molecule has 0 bridgehead atoms. The molecule has 0 aliphatic heterocycles. The number of nitrogens with two attached hydrogens (primary N) is 1. The van der Waals surface area contributed by atoms with Crippen molar-refractivity contribution in [3.05, 3.63) is 35.4 Å². The Balaban J connectivity index is 2.07. The standard InChI is InChI=1S/C14H21NO/c1-9(13-7-14(13)10(2)16)12-5-3-4-11(6-12)8-15/h3-6,9-10,13-14,16H,7-8,15H2,1-2H3. The molecule has 2 heteroatoms. The van der Waals surface area contributed by atoms with Crippen LogP contribution in [-0.4, -0.2) is 11.2 Å². The molecule has 1 aromatic rings. The minimum Gasteiger partial charge on any atom is -0.393 e. The second kappa shape index (κ2) is 4.56. The third-order valence-electron chi connectivity index (χ3n) is 3.87. The second-order valence-corrected chi connectivity index (χ2v) is 5.04. The summed E-state index contributed by atoms with van der Waals surface area (Å²) in [6.07, 6.45) is 0.997. The fraction of sp³-hybridized carbons (Fsp3) is 0.571. The predicted molar refractivity (Wildman–Crippen MR) is 66.0 cm³/mol. The molecular formula is C14H21NO. The average molecular weight is 219 g/mol. The SMILES string of the molecule is CC(O)C1CC1C(C)c1cccc(CN)c1. The van der Waals surface area contributed by atoms with E-state index >= 15 is 0 Å². The Morgan fingerprint density at radius 2 is 2.12 bits per heavy atom. The van der Waals surface area contributed by atoms with Gasteiger partial charge in [-0.2, -0.15) is 0 Å². The quantitative estimate of drug-likeness (QED) is 0.816. The summed E-state index contributed by atoms with van der Waals surface area (Å²) in [6.45, 7) is 4.75. The second-order valence-electron chi connectivity index (χ2n) is 5.04. The van der Waals surface area contributed by atoms with E-state index in [4.69, 9.17) is 5.73 Å². The molecule has 0 saturated heterocycles. The fourth-order valence-electron chi connectivity index (χ4n) is 2.62. The Hall–Kier alpha value is -0.860. The lowest BCUT2D eigenvalue weighted by Gasteiger charge is -2.13. The summed E-state index contributed by atoms with van der Waals surface area (Å²) in [4.78, 5) is 0. The average Bonchev–Trinajstić information content (AvgIpc) is 3.08. The number of aliphatic hydroxyl groups is 1. The van der Waals surface area contributed by atoms with Gasteiger partial charge in [-0.15, -0.1) is 0 Å². The van der Waals surface area contributed by atoms with Crippen molar-refractivity contribution in [3.63, 3.8) is 0 Å². The first-order valence-electron chi connectivity index (χ1n) is 6.10. The normalized spacial score (nSPS) is 27.5. The van der Waals surface area contributed by atoms with Crippen LogP contribution < -0.4 is 5.73 Å². The van der Waals surface area contributed by atoms with Crippen LogP contribution in [0, 0.1) is 11.8 Å². The first kappa shape index (κ1) is 11.6. The highest BCUT2D eigenvalue weighted by molar-refractivity contribution is 5.27. The molecule has 88 valence electrons. The Kier molecular flexibility index (Phi) is 3.31. The lowest BCUT2D eigenvalue weighted by Crippen LogP contribution is -2.08. The van der Waals surface area contributed by atoms with Crippen LogP contribution in [0.3, 0.4) is 0 Å². The van der Waals surface area contributed by atoms with Gasteiger partial charge in [0, 0.05) is 6.54 Å². The van der Waals surface area contributed by atoms with Gasteiger partial charge in [0.2, 0.25) is 0 Å². The summed E-state index contributed by atoms with van der Waals surface area (Å²) < 4.78 is 0. The first-order valence-corrected chi connectivity index (χ1v) is 6.10. The summed E-state index contributed by atoms with van der Waals surface area (Å²) in [5.41, 5.74) is 8.20. The van der Waals surface area contributed by atoms with Gasteiger partial charge in [-0.3, -0.25) is 0 Å². The van der Waals surface area contributed by atoms with Gasteiger partial charge in [0.05, 0.1) is 6.10 Å². The van der Waals surface area contributed by atoms with Gasteiger partial charge in [-0.25, -0.2) is 0 Å². The number of rotatable bonds is 4. The van der Waals surface area contributed by atoms with Crippen LogP contribution in [0.15, 0.2) is 24.3 Å². The molecule has 0 radical (unpaired) electrons. The summed E-state index contributed by atoms with van der Waals surface area (Å²) in [7, 11) is 0. The third-order valence-corrected chi connectivity index (χ3v) is 3.87. The van der Waals surface area contributed by atoms with Gasteiger partial charge < -0.3 is 10.8 Å². The topological polar surface area (TPSA) is 46.2 Å². The largest absolute Gasteiger partial charge is 0.393 e. The van der Waals surface area contributed by atoms with E-state index in [1.165, 1.54) is 11.1 Å². The van der Waals surface area contributed by atoms with Crippen molar-refractivity contribution in [2.45, 2.75) is 38.8 Å². The molecule has 4 atom stereocenters. The van der Waals surface area contributed by atoms with Crippen LogP contribution in [0.1, 0.15) is 37.3 Å². The zero-order chi connectivity index (χ0) is 11.7. The maximum absolute atomic E-state index is 9.54. The Morgan fingerprint density at radius 3 is 2.69 bits per heavy atom. The molecule has 0 aromatic heterocycles. The monoisotopic (exact) mass is 219 g/mol. The summed E-state index contributed by atoms with van der Waals surface area (Å²) in [6, 6.07) is 8.51. The Morgan fingerprint density at radius 1 is 1.38 bits per heavy atom. The number of hydrogen-bond donors (Lipinski definition) is 2. The summed E-state index contributed by atoms with van der Waals surface area (Å²) in [5, 5.41) is 9.54. The first-order chi connectivity index (χ1) is 7.63. The minimum absolute atomic E-state index is 0.162. The van der Waals surface area contributed by atoms with E-state index in [1.54, 1.807) is 0 Å². The molecule has 1 saturated carbocycles. The van der Waals surface area contributed by atoms with E-state index in [1.807, 2.05) is 6.92 Å². The fourth-order valence-corrected chi connectivity index (χ4v) is 2.62. The zero-order valence-electron chi connectivity index (χ0n) is 10.1. The van der Waals surface area contributed by atoms with Crippen molar-refractivity contribution in [2.75, 3.05) is 0 Å². The highest BCUT2D eigenvalue weighted by atomic mass is 16.3. The van der Waals surface area contributed by atoms with Gasteiger partial charge in [-0.05, 0) is 42.2 Å². The van der Waals surface area contributed by atoms with Crippen LogP contribution in [0.5, 0.6) is 0 Å². The molecule has 3 N–H and O–H groups in total. The van der Waals surface area contributed by atoms with E-state index in [-0.39, 0.29) is 6.10 Å². The van der Waals surface area contributed by atoms with Gasteiger partial charge >= 0.3 is 0 Å². The molecule has 16 heavy (non-hydrogen) atoms. The maximum atomic E-state index is 9.54. The van der Waals surface area contributed by atoms with Crippen molar-refractivity contribution in [1.29, 1.82) is 0 Å².